The lowest BCUT2D eigenvalue weighted by Crippen LogP contribution is -2.52. The molecule has 0 spiro atoms. The quantitative estimate of drug-likeness (QED) is 0.675. The molecule has 0 aromatic heterocycles. The molecule has 1 atom stereocenters. The van der Waals surface area contributed by atoms with E-state index in [4.69, 9.17) is 0 Å². The molecular weight excluding hydrogens is 230 g/mol. The van der Waals surface area contributed by atoms with Crippen LogP contribution >= 0.6 is 0 Å². The zero-order valence-corrected chi connectivity index (χ0v) is 11.9. The van der Waals surface area contributed by atoms with Gasteiger partial charge in [0.15, 0.2) is 0 Å². The third kappa shape index (κ3) is 3.45. The zero-order valence-electron chi connectivity index (χ0n) is 11.9. The zero-order chi connectivity index (χ0) is 13.8. The molecule has 1 saturated heterocycles. The molecule has 0 bridgehead atoms. The third-order valence-corrected chi connectivity index (χ3v) is 3.68. The van der Waals surface area contributed by atoms with Gasteiger partial charge in [-0.25, -0.2) is 0 Å². The summed E-state index contributed by atoms with van der Waals surface area (Å²) in [6.45, 7) is 7.68. The Kier molecular flexibility index (Phi) is 4.73. The van der Waals surface area contributed by atoms with E-state index < -0.39 is 5.41 Å². The predicted molar refractivity (Wildman–Crippen MR) is 71.1 cm³/mol. The number of hydrogen-bond acceptors (Lipinski definition) is 3. The molecule has 2 amide bonds. The Morgan fingerprint density at radius 2 is 2.06 bits per heavy atom. The Bertz CT molecular complexity index is 320. The minimum atomic E-state index is -0.580. The number of carbonyl (C=O) groups excluding carboxylic acids is 2. The molecule has 1 unspecified atom stereocenters. The molecule has 1 rings (SSSR count). The first kappa shape index (κ1) is 15.0. The lowest BCUT2D eigenvalue weighted by molar-refractivity contribution is -0.133. The largest absolute Gasteiger partial charge is 0.359 e. The van der Waals surface area contributed by atoms with Gasteiger partial charge in [-0.05, 0) is 40.2 Å². The first-order chi connectivity index (χ1) is 8.32. The van der Waals surface area contributed by atoms with E-state index in [0.29, 0.717) is 13.1 Å². The highest BCUT2D eigenvalue weighted by molar-refractivity contribution is 5.85. The second-order valence-electron chi connectivity index (χ2n) is 5.99. The van der Waals surface area contributed by atoms with Crippen LogP contribution in [0.2, 0.25) is 0 Å². The van der Waals surface area contributed by atoms with Crippen LogP contribution in [0.3, 0.4) is 0 Å². The molecule has 0 aromatic carbocycles. The first-order valence-electron chi connectivity index (χ1n) is 6.53. The third-order valence-electron chi connectivity index (χ3n) is 3.68. The predicted octanol–water partition coefficient (Wildman–Crippen LogP) is 0.265. The summed E-state index contributed by atoms with van der Waals surface area (Å²) >= 11 is 0. The van der Waals surface area contributed by atoms with Gasteiger partial charge in [0.2, 0.25) is 11.8 Å². The van der Waals surface area contributed by atoms with Crippen molar-refractivity contribution >= 4 is 11.8 Å². The van der Waals surface area contributed by atoms with Crippen molar-refractivity contribution in [2.24, 2.45) is 10.8 Å². The second-order valence-corrected chi connectivity index (χ2v) is 5.99. The van der Waals surface area contributed by atoms with Crippen molar-refractivity contribution in [2.45, 2.75) is 33.6 Å². The van der Waals surface area contributed by atoms with E-state index in [2.05, 4.69) is 16.0 Å². The van der Waals surface area contributed by atoms with Crippen LogP contribution in [0.5, 0.6) is 0 Å². The average Bonchev–Trinajstić information content (AvgIpc) is 2.35. The van der Waals surface area contributed by atoms with E-state index in [-0.39, 0.29) is 17.2 Å². The Hall–Kier alpha value is -1.10. The fourth-order valence-electron chi connectivity index (χ4n) is 2.18. The van der Waals surface area contributed by atoms with E-state index in [1.807, 2.05) is 20.8 Å². The molecule has 0 saturated carbocycles. The number of nitrogens with one attached hydrogen (secondary N) is 3. The van der Waals surface area contributed by atoms with Crippen LogP contribution in [0.15, 0.2) is 0 Å². The molecule has 0 aliphatic carbocycles. The smallest absolute Gasteiger partial charge is 0.227 e. The van der Waals surface area contributed by atoms with Gasteiger partial charge in [0, 0.05) is 20.1 Å². The minimum Gasteiger partial charge on any atom is -0.359 e. The summed E-state index contributed by atoms with van der Waals surface area (Å²) < 4.78 is 0. The highest BCUT2D eigenvalue weighted by atomic mass is 16.2. The molecule has 5 nitrogen and oxygen atoms in total. The van der Waals surface area contributed by atoms with Gasteiger partial charge in [-0.15, -0.1) is 0 Å². The fraction of sp³-hybridized carbons (Fsp3) is 0.846. The Morgan fingerprint density at radius 1 is 1.39 bits per heavy atom. The second kappa shape index (κ2) is 5.69. The van der Waals surface area contributed by atoms with Crippen molar-refractivity contribution in [3.05, 3.63) is 0 Å². The van der Waals surface area contributed by atoms with Crippen molar-refractivity contribution < 1.29 is 9.59 Å². The van der Waals surface area contributed by atoms with E-state index in [1.165, 1.54) is 0 Å². The van der Waals surface area contributed by atoms with Crippen molar-refractivity contribution in [2.75, 3.05) is 26.7 Å². The van der Waals surface area contributed by atoms with Gasteiger partial charge in [-0.3, -0.25) is 9.59 Å². The van der Waals surface area contributed by atoms with Gasteiger partial charge < -0.3 is 16.0 Å². The maximum atomic E-state index is 12.2. The number of rotatable bonds is 4. The Balaban J connectivity index is 2.52. The number of hydrogen-bond donors (Lipinski definition) is 3. The molecule has 18 heavy (non-hydrogen) atoms. The molecule has 104 valence electrons. The fourth-order valence-corrected chi connectivity index (χ4v) is 2.18. The summed E-state index contributed by atoms with van der Waals surface area (Å²) in [5.41, 5.74) is -0.931. The van der Waals surface area contributed by atoms with Crippen molar-refractivity contribution in [3.63, 3.8) is 0 Å². The first-order valence-corrected chi connectivity index (χ1v) is 6.53. The molecule has 1 aliphatic rings. The summed E-state index contributed by atoms with van der Waals surface area (Å²) in [7, 11) is 1.61. The summed E-state index contributed by atoms with van der Waals surface area (Å²) in [4.78, 5) is 23.8. The van der Waals surface area contributed by atoms with Crippen LogP contribution in [0.4, 0.5) is 0 Å². The SMILES string of the molecule is CNC(=O)C(C)(C)CNC(=O)C1(C)CCCNC1. The maximum Gasteiger partial charge on any atom is 0.227 e. The van der Waals surface area contributed by atoms with Gasteiger partial charge in [-0.2, -0.15) is 0 Å². The molecule has 3 N–H and O–H groups in total. The molecule has 1 aliphatic heterocycles. The van der Waals surface area contributed by atoms with Crippen molar-refractivity contribution in [1.29, 1.82) is 0 Å². The van der Waals surface area contributed by atoms with Gasteiger partial charge in [0.25, 0.3) is 0 Å². The van der Waals surface area contributed by atoms with Crippen molar-refractivity contribution in [3.8, 4) is 0 Å². The van der Waals surface area contributed by atoms with Crippen molar-refractivity contribution in [1.82, 2.24) is 16.0 Å². The van der Waals surface area contributed by atoms with Crippen LogP contribution in [0.1, 0.15) is 33.6 Å². The molecule has 1 heterocycles. The lowest BCUT2D eigenvalue weighted by Gasteiger charge is -2.34. The van der Waals surface area contributed by atoms with E-state index >= 15 is 0 Å². The maximum absolute atomic E-state index is 12.2. The Morgan fingerprint density at radius 3 is 2.56 bits per heavy atom. The van der Waals surface area contributed by atoms with Crippen LogP contribution in [-0.2, 0) is 9.59 Å². The van der Waals surface area contributed by atoms with Gasteiger partial charge in [0.05, 0.1) is 10.8 Å². The van der Waals surface area contributed by atoms with Crippen LogP contribution in [0.25, 0.3) is 0 Å². The number of piperidine rings is 1. The number of carbonyl (C=O) groups is 2. The normalized spacial score (nSPS) is 24.4. The topological polar surface area (TPSA) is 70.2 Å². The highest BCUT2D eigenvalue weighted by Gasteiger charge is 2.36. The molecule has 0 aromatic rings. The van der Waals surface area contributed by atoms with Gasteiger partial charge in [0.1, 0.15) is 0 Å². The highest BCUT2D eigenvalue weighted by Crippen LogP contribution is 2.26. The van der Waals surface area contributed by atoms with Gasteiger partial charge >= 0.3 is 0 Å². The minimum absolute atomic E-state index is 0.0340. The van der Waals surface area contributed by atoms with E-state index in [1.54, 1.807) is 7.05 Å². The van der Waals surface area contributed by atoms with Crippen LogP contribution < -0.4 is 16.0 Å². The lowest BCUT2D eigenvalue weighted by atomic mass is 9.81. The number of amides is 2. The van der Waals surface area contributed by atoms with E-state index in [0.717, 1.165) is 19.4 Å². The van der Waals surface area contributed by atoms with Gasteiger partial charge in [-0.1, -0.05) is 0 Å². The summed E-state index contributed by atoms with van der Waals surface area (Å²) in [6.07, 6.45) is 1.91. The average molecular weight is 255 g/mol. The Labute approximate surface area is 109 Å². The standard InChI is InChI=1S/C13H25N3O2/c1-12(2,10(17)14-4)8-16-11(18)13(3)6-5-7-15-9-13/h15H,5-9H2,1-4H3,(H,14,17)(H,16,18). The molecule has 1 fully saturated rings. The monoisotopic (exact) mass is 255 g/mol. The molecule has 0 radical (unpaired) electrons. The summed E-state index contributed by atoms with van der Waals surface area (Å²) in [6, 6.07) is 0. The summed E-state index contributed by atoms with van der Waals surface area (Å²) in [5, 5.41) is 8.77. The molecule has 5 heteroatoms. The summed E-state index contributed by atoms with van der Waals surface area (Å²) in [5.74, 6) is -0.0265. The molecular formula is C13H25N3O2. The van der Waals surface area contributed by atoms with E-state index in [9.17, 15) is 9.59 Å². The van der Waals surface area contributed by atoms with Crippen LogP contribution in [0, 0.1) is 10.8 Å². The van der Waals surface area contributed by atoms with Crippen LogP contribution in [-0.4, -0.2) is 38.5 Å².